The zero-order valence-corrected chi connectivity index (χ0v) is 12.0. The fourth-order valence-corrected chi connectivity index (χ4v) is 2.65. The fraction of sp³-hybridized carbons (Fsp3) is 0.375. The van der Waals surface area contributed by atoms with Crippen LogP contribution in [0.25, 0.3) is 0 Å². The lowest BCUT2D eigenvalue weighted by molar-refractivity contribution is -0.112. The van der Waals surface area contributed by atoms with E-state index in [1.807, 2.05) is 0 Å². The number of halogens is 1. The molecule has 2 rings (SSSR count). The number of nitriles is 1. The van der Waals surface area contributed by atoms with Gasteiger partial charge in [-0.3, -0.25) is 4.79 Å². The molecule has 104 valence electrons. The predicted octanol–water partition coefficient (Wildman–Crippen LogP) is 4.45. The lowest BCUT2D eigenvalue weighted by Gasteiger charge is -2.09. The third-order valence-corrected chi connectivity index (χ3v) is 3.72. The van der Waals surface area contributed by atoms with Crippen molar-refractivity contribution in [3.05, 3.63) is 40.4 Å². The van der Waals surface area contributed by atoms with Gasteiger partial charge in [0.1, 0.15) is 11.6 Å². The van der Waals surface area contributed by atoms with Crippen LogP contribution in [0.4, 0.5) is 5.69 Å². The maximum absolute atomic E-state index is 12.2. The summed E-state index contributed by atoms with van der Waals surface area (Å²) in [6.45, 7) is 0. The monoisotopic (exact) mass is 288 g/mol. The molecule has 1 N–H and O–H groups in total. The second-order valence-corrected chi connectivity index (χ2v) is 5.41. The van der Waals surface area contributed by atoms with Gasteiger partial charge in [-0.2, -0.15) is 5.26 Å². The molecule has 0 spiro atoms. The maximum atomic E-state index is 12.2. The smallest absolute Gasteiger partial charge is 0.266 e. The number of hydrogen-bond acceptors (Lipinski definition) is 2. The van der Waals surface area contributed by atoms with Crippen LogP contribution < -0.4 is 5.32 Å². The third-order valence-electron chi connectivity index (χ3n) is 3.48. The van der Waals surface area contributed by atoms with Crippen LogP contribution in [0.3, 0.4) is 0 Å². The van der Waals surface area contributed by atoms with Crippen LogP contribution in [0.15, 0.2) is 35.4 Å². The van der Waals surface area contributed by atoms with Crippen LogP contribution in [0.5, 0.6) is 0 Å². The standard InChI is InChI=1S/C16H17ClN2O/c17-13-8-5-9-14(10-13)19-16(20)15(11-18)12-6-3-1-2-4-7-12/h5,8-10H,1-4,6-7H2,(H,19,20). The van der Waals surface area contributed by atoms with Crippen molar-refractivity contribution < 1.29 is 4.79 Å². The van der Waals surface area contributed by atoms with Crippen molar-refractivity contribution in [1.29, 1.82) is 5.26 Å². The Morgan fingerprint density at radius 2 is 1.90 bits per heavy atom. The lowest BCUT2D eigenvalue weighted by atomic mass is 10.0. The molecule has 4 heteroatoms. The lowest BCUT2D eigenvalue weighted by Crippen LogP contribution is -2.15. The minimum atomic E-state index is -0.327. The number of nitrogens with one attached hydrogen (secondary N) is 1. The molecule has 20 heavy (non-hydrogen) atoms. The minimum absolute atomic E-state index is 0.270. The molecule has 1 aromatic carbocycles. The van der Waals surface area contributed by atoms with Gasteiger partial charge >= 0.3 is 0 Å². The van der Waals surface area contributed by atoms with E-state index in [1.54, 1.807) is 24.3 Å². The fourth-order valence-electron chi connectivity index (χ4n) is 2.46. The number of anilines is 1. The molecule has 0 saturated heterocycles. The van der Waals surface area contributed by atoms with Gasteiger partial charge in [0.05, 0.1) is 0 Å². The number of amides is 1. The predicted molar refractivity (Wildman–Crippen MR) is 80.4 cm³/mol. The van der Waals surface area contributed by atoms with Crippen LogP contribution in [0.1, 0.15) is 38.5 Å². The molecule has 0 aliphatic heterocycles. The van der Waals surface area contributed by atoms with Crippen molar-refractivity contribution in [2.75, 3.05) is 5.32 Å². The molecule has 1 amide bonds. The summed E-state index contributed by atoms with van der Waals surface area (Å²) in [5.74, 6) is -0.327. The van der Waals surface area contributed by atoms with Gasteiger partial charge in [-0.15, -0.1) is 0 Å². The summed E-state index contributed by atoms with van der Waals surface area (Å²) in [5.41, 5.74) is 1.88. The molecule has 0 radical (unpaired) electrons. The van der Waals surface area contributed by atoms with Gasteiger partial charge in [-0.25, -0.2) is 0 Å². The van der Waals surface area contributed by atoms with Crippen LogP contribution in [0.2, 0.25) is 5.02 Å². The molecule has 1 saturated carbocycles. The first-order valence-electron chi connectivity index (χ1n) is 6.90. The van der Waals surface area contributed by atoms with E-state index in [-0.39, 0.29) is 11.5 Å². The Morgan fingerprint density at radius 3 is 2.50 bits per heavy atom. The molecular formula is C16H17ClN2O. The minimum Gasteiger partial charge on any atom is -0.321 e. The van der Waals surface area contributed by atoms with Crippen LogP contribution in [-0.4, -0.2) is 5.91 Å². The Kier molecular flexibility index (Phi) is 5.20. The summed E-state index contributed by atoms with van der Waals surface area (Å²) in [7, 11) is 0. The van der Waals surface area contributed by atoms with E-state index >= 15 is 0 Å². The van der Waals surface area contributed by atoms with Gasteiger partial charge in [0.2, 0.25) is 0 Å². The van der Waals surface area contributed by atoms with E-state index in [4.69, 9.17) is 11.6 Å². The number of benzene rings is 1. The SMILES string of the molecule is N#CC(C(=O)Nc1cccc(Cl)c1)=C1CCCCCC1. The number of allylic oxidation sites excluding steroid dienone is 1. The Balaban J connectivity index is 2.17. The van der Waals surface area contributed by atoms with Crippen LogP contribution in [0, 0.1) is 11.3 Å². The maximum Gasteiger partial charge on any atom is 0.266 e. The highest BCUT2D eigenvalue weighted by molar-refractivity contribution is 6.31. The summed E-state index contributed by atoms with van der Waals surface area (Å²) < 4.78 is 0. The number of hydrogen-bond donors (Lipinski definition) is 1. The highest BCUT2D eigenvalue weighted by Crippen LogP contribution is 2.25. The molecule has 1 aliphatic rings. The summed E-state index contributed by atoms with van der Waals surface area (Å²) in [6.07, 6.45) is 6.18. The van der Waals surface area contributed by atoms with Gasteiger partial charge in [0, 0.05) is 10.7 Å². The number of carbonyl (C=O) groups excluding carboxylic acids is 1. The molecule has 0 aromatic heterocycles. The zero-order valence-electron chi connectivity index (χ0n) is 11.3. The van der Waals surface area contributed by atoms with Gasteiger partial charge in [0.15, 0.2) is 0 Å². The molecule has 0 bridgehead atoms. The molecule has 0 atom stereocenters. The van der Waals surface area contributed by atoms with Crippen molar-refractivity contribution in [2.45, 2.75) is 38.5 Å². The zero-order chi connectivity index (χ0) is 14.4. The Hall–Kier alpha value is -1.79. The van der Waals surface area contributed by atoms with E-state index in [9.17, 15) is 10.1 Å². The van der Waals surface area contributed by atoms with Crippen molar-refractivity contribution in [3.8, 4) is 6.07 Å². The number of carbonyl (C=O) groups is 1. The van der Waals surface area contributed by atoms with Gasteiger partial charge in [-0.1, -0.05) is 30.5 Å². The molecule has 0 unspecified atom stereocenters. The third kappa shape index (κ3) is 3.85. The van der Waals surface area contributed by atoms with Crippen molar-refractivity contribution in [1.82, 2.24) is 0 Å². The van der Waals surface area contributed by atoms with E-state index < -0.39 is 0 Å². The largest absolute Gasteiger partial charge is 0.321 e. The quantitative estimate of drug-likeness (QED) is 0.496. The van der Waals surface area contributed by atoms with Gasteiger partial charge in [0.25, 0.3) is 5.91 Å². The van der Waals surface area contributed by atoms with E-state index in [1.165, 1.54) is 12.8 Å². The summed E-state index contributed by atoms with van der Waals surface area (Å²) in [5, 5.41) is 12.6. The van der Waals surface area contributed by atoms with E-state index in [0.717, 1.165) is 31.3 Å². The Bertz CT molecular complexity index is 562. The van der Waals surface area contributed by atoms with Crippen LogP contribution >= 0.6 is 11.6 Å². The van der Waals surface area contributed by atoms with Crippen molar-refractivity contribution >= 4 is 23.2 Å². The molecule has 1 fully saturated rings. The first-order valence-corrected chi connectivity index (χ1v) is 7.27. The highest BCUT2D eigenvalue weighted by atomic mass is 35.5. The topological polar surface area (TPSA) is 52.9 Å². The molecular weight excluding hydrogens is 272 g/mol. The van der Waals surface area contributed by atoms with Crippen molar-refractivity contribution in [2.24, 2.45) is 0 Å². The normalized spacial score (nSPS) is 15.1. The van der Waals surface area contributed by atoms with Gasteiger partial charge in [-0.05, 0) is 49.5 Å². The summed E-state index contributed by atoms with van der Waals surface area (Å²) in [4.78, 5) is 12.2. The molecule has 1 aromatic rings. The first-order chi connectivity index (χ1) is 9.70. The van der Waals surface area contributed by atoms with Crippen molar-refractivity contribution in [3.63, 3.8) is 0 Å². The van der Waals surface area contributed by atoms with E-state index in [0.29, 0.717) is 10.7 Å². The summed E-state index contributed by atoms with van der Waals surface area (Å²) in [6, 6.07) is 9.01. The molecule has 1 aliphatic carbocycles. The highest BCUT2D eigenvalue weighted by Gasteiger charge is 2.17. The molecule has 0 heterocycles. The van der Waals surface area contributed by atoms with Gasteiger partial charge < -0.3 is 5.32 Å². The summed E-state index contributed by atoms with van der Waals surface area (Å²) >= 11 is 5.88. The molecule has 3 nitrogen and oxygen atoms in total. The number of rotatable bonds is 2. The second-order valence-electron chi connectivity index (χ2n) is 4.97. The second kappa shape index (κ2) is 7.12. The van der Waals surface area contributed by atoms with Crippen LogP contribution in [-0.2, 0) is 4.79 Å². The Labute approximate surface area is 124 Å². The number of nitrogens with zero attached hydrogens (tertiary/aromatic N) is 1. The Morgan fingerprint density at radius 1 is 1.20 bits per heavy atom. The van der Waals surface area contributed by atoms with E-state index in [2.05, 4.69) is 11.4 Å². The average Bonchev–Trinajstić information content (AvgIpc) is 2.69. The average molecular weight is 289 g/mol. The first kappa shape index (κ1) is 14.6.